The molecule has 0 unspecified atom stereocenters. The van der Waals surface area contributed by atoms with Gasteiger partial charge in [-0.05, 0) is 55.3 Å². The third kappa shape index (κ3) is 2.07. The van der Waals surface area contributed by atoms with Gasteiger partial charge >= 0.3 is 0 Å². The van der Waals surface area contributed by atoms with Gasteiger partial charge in [0.25, 0.3) is 0 Å². The summed E-state index contributed by atoms with van der Waals surface area (Å²) in [4.78, 5) is 4.44. The van der Waals surface area contributed by atoms with Crippen molar-refractivity contribution in [2.45, 2.75) is 57.5 Å². The van der Waals surface area contributed by atoms with Crippen molar-refractivity contribution >= 4 is 27.1 Å². The minimum Gasteiger partial charge on any atom is -0.354 e. The number of hydrogen-bond donors (Lipinski definition) is 0. The Labute approximate surface area is 154 Å². The first-order chi connectivity index (χ1) is 12.2. The Bertz CT molecular complexity index is 932. The average molecular weight is 348 g/mol. The summed E-state index contributed by atoms with van der Waals surface area (Å²) in [6.45, 7) is 4.69. The van der Waals surface area contributed by atoms with Crippen LogP contribution in [0.2, 0.25) is 0 Å². The van der Waals surface area contributed by atoms with E-state index in [1.165, 1.54) is 53.4 Å². The molecule has 1 aromatic heterocycles. The highest BCUT2D eigenvalue weighted by molar-refractivity contribution is 7.19. The highest BCUT2D eigenvalue weighted by Crippen LogP contribution is 2.59. The number of para-hydroxylation sites is 1. The molecule has 2 aliphatic rings. The molecule has 128 valence electrons. The van der Waals surface area contributed by atoms with Crippen LogP contribution < -0.4 is 4.90 Å². The van der Waals surface area contributed by atoms with E-state index in [0.29, 0.717) is 6.04 Å². The van der Waals surface area contributed by atoms with Gasteiger partial charge < -0.3 is 4.90 Å². The molecule has 5 rings (SSSR count). The van der Waals surface area contributed by atoms with Crippen molar-refractivity contribution in [1.29, 1.82) is 0 Å². The van der Waals surface area contributed by atoms with Crippen LogP contribution in [0.25, 0.3) is 10.1 Å². The van der Waals surface area contributed by atoms with Crippen molar-refractivity contribution in [1.82, 2.24) is 0 Å². The fraction of sp³-hybridized carbons (Fsp3) is 0.391. The maximum atomic E-state index is 2.79. The summed E-state index contributed by atoms with van der Waals surface area (Å²) in [7, 11) is 0. The first kappa shape index (κ1) is 15.5. The molecule has 1 aliphatic carbocycles. The maximum Gasteiger partial charge on any atom is 0.0756 e. The molecule has 1 saturated carbocycles. The van der Waals surface area contributed by atoms with Gasteiger partial charge in [-0.3, -0.25) is 0 Å². The zero-order valence-corrected chi connectivity index (χ0v) is 15.9. The second-order valence-corrected chi connectivity index (χ2v) is 8.82. The third-order valence-corrected chi connectivity index (χ3v) is 7.76. The molecule has 2 heterocycles. The first-order valence-electron chi connectivity index (χ1n) is 9.59. The van der Waals surface area contributed by atoms with Gasteiger partial charge in [0.2, 0.25) is 0 Å². The number of rotatable bonds is 1. The molecular formula is C23H25NS. The smallest absolute Gasteiger partial charge is 0.0756 e. The second kappa shape index (κ2) is 5.60. The highest BCUT2D eigenvalue weighted by atomic mass is 32.1. The molecule has 1 aliphatic heterocycles. The quantitative estimate of drug-likeness (QED) is 0.460. The van der Waals surface area contributed by atoms with Crippen LogP contribution >= 0.6 is 11.3 Å². The molecule has 25 heavy (non-hydrogen) atoms. The molecule has 0 N–H and O–H groups in total. The van der Waals surface area contributed by atoms with Gasteiger partial charge in [-0.25, -0.2) is 0 Å². The van der Waals surface area contributed by atoms with Crippen molar-refractivity contribution < 1.29 is 0 Å². The van der Waals surface area contributed by atoms with Gasteiger partial charge in [0.05, 0.1) is 11.6 Å². The fourth-order valence-electron chi connectivity index (χ4n) is 5.31. The Kier molecular flexibility index (Phi) is 3.46. The molecule has 0 saturated heterocycles. The van der Waals surface area contributed by atoms with Crippen LogP contribution in [0.15, 0.2) is 48.5 Å². The third-order valence-electron chi connectivity index (χ3n) is 6.38. The number of thiophene rings is 1. The highest BCUT2D eigenvalue weighted by Gasteiger charge is 2.51. The standard InChI is InChI=1S/C23H25NS/c1-16-10-4-6-12-19(16)24-17(2)21-18-11-5-7-13-20(18)25-22(21)23(24)14-8-3-9-15-23/h4-7,10-13,17H,3,8-9,14-15H2,1-2H3/t17-/m0/s1. The summed E-state index contributed by atoms with van der Waals surface area (Å²) in [6.07, 6.45) is 6.68. The van der Waals surface area contributed by atoms with Crippen LogP contribution in [-0.2, 0) is 5.54 Å². The van der Waals surface area contributed by atoms with Gasteiger partial charge in [-0.15, -0.1) is 11.3 Å². The van der Waals surface area contributed by atoms with Gasteiger partial charge in [0.1, 0.15) is 0 Å². The fourth-order valence-corrected chi connectivity index (χ4v) is 6.85. The van der Waals surface area contributed by atoms with E-state index in [0.717, 1.165) is 0 Å². The summed E-state index contributed by atoms with van der Waals surface area (Å²) >= 11 is 2.06. The zero-order chi connectivity index (χ0) is 17.0. The van der Waals surface area contributed by atoms with Crippen LogP contribution in [0.4, 0.5) is 5.69 Å². The predicted molar refractivity (Wildman–Crippen MR) is 109 cm³/mol. The van der Waals surface area contributed by atoms with E-state index in [9.17, 15) is 0 Å². The van der Waals surface area contributed by atoms with Crippen LogP contribution in [0.5, 0.6) is 0 Å². The van der Waals surface area contributed by atoms with Gasteiger partial charge in [-0.1, -0.05) is 55.7 Å². The largest absolute Gasteiger partial charge is 0.354 e. The van der Waals surface area contributed by atoms with Gasteiger partial charge in [0, 0.05) is 15.3 Å². The average Bonchev–Trinajstić information content (AvgIpc) is 3.13. The van der Waals surface area contributed by atoms with Crippen LogP contribution in [0, 0.1) is 6.92 Å². The number of nitrogens with zero attached hydrogens (tertiary/aromatic N) is 1. The molecule has 1 atom stereocenters. The van der Waals surface area contributed by atoms with Crippen LogP contribution in [0.1, 0.15) is 61.1 Å². The van der Waals surface area contributed by atoms with Crippen LogP contribution in [0.3, 0.4) is 0 Å². The number of benzene rings is 2. The SMILES string of the molecule is Cc1ccccc1N1[C@@H](C)c2c(sc3ccccc23)C12CCCCC2. The molecule has 0 bridgehead atoms. The van der Waals surface area contributed by atoms with Crippen molar-refractivity contribution in [2.24, 2.45) is 0 Å². The van der Waals surface area contributed by atoms with E-state index in [2.05, 4.69) is 78.6 Å². The van der Waals surface area contributed by atoms with E-state index >= 15 is 0 Å². The lowest BCUT2D eigenvalue weighted by Gasteiger charge is -2.45. The molecule has 0 radical (unpaired) electrons. The summed E-state index contributed by atoms with van der Waals surface area (Å²) in [5.74, 6) is 0. The van der Waals surface area contributed by atoms with E-state index < -0.39 is 0 Å². The minimum absolute atomic E-state index is 0.211. The molecule has 3 aromatic rings. The molecule has 1 fully saturated rings. The van der Waals surface area contributed by atoms with E-state index in [4.69, 9.17) is 0 Å². The normalized spacial score (nSPS) is 21.8. The van der Waals surface area contributed by atoms with Crippen molar-refractivity contribution in [2.75, 3.05) is 4.90 Å². The molecule has 2 heteroatoms. The molecular weight excluding hydrogens is 322 g/mol. The number of aryl methyl sites for hydroxylation is 1. The Morgan fingerprint density at radius 3 is 2.48 bits per heavy atom. The Morgan fingerprint density at radius 1 is 0.960 bits per heavy atom. The Hall–Kier alpha value is -1.80. The second-order valence-electron chi connectivity index (χ2n) is 7.77. The monoisotopic (exact) mass is 347 g/mol. The van der Waals surface area contributed by atoms with E-state index in [1.807, 2.05) is 0 Å². The summed E-state index contributed by atoms with van der Waals surface area (Å²) in [5.41, 5.74) is 4.65. The van der Waals surface area contributed by atoms with Gasteiger partial charge in [-0.2, -0.15) is 0 Å². The lowest BCUT2D eigenvalue weighted by atomic mass is 9.80. The Morgan fingerprint density at radius 2 is 1.68 bits per heavy atom. The Balaban J connectivity index is 1.78. The molecule has 0 amide bonds. The lowest BCUT2D eigenvalue weighted by molar-refractivity contribution is 0.288. The maximum absolute atomic E-state index is 2.79. The molecule has 1 nitrogen and oxygen atoms in total. The van der Waals surface area contributed by atoms with Crippen molar-refractivity contribution in [3.63, 3.8) is 0 Å². The van der Waals surface area contributed by atoms with E-state index in [-0.39, 0.29) is 5.54 Å². The molecule has 1 spiro atoms. The topological polar surface area (TPSA) is 3.24 Å². The zero-order valence-electron chi connectivity index (χ0n) is 15.1. The molecule has 2 aromatic carbocycles. The van der Waals surface area contributed by atoms with Crippen LogP contribution in [-0.4, -0.2) is 0 Å². The van der Waals surface area contributed by atoms with Crippen molar-refractivity contribution in [3.8, 4) is 0 Å². The first-order valence-corrected chi connectivity index (χ1v) is 10.4. The summed E-state index contributed by atoms with van der Waals surface area (Å²) in [5, 5.41) is 1.48. The number of hydrogen-bond acceptors (Lipinski definition) is 2. The van der Waals surface area contributed by atoms with Crippen molar-refractivity contribution in [3.05, 3.63) is 64.5 Å². The summed E-state index contributed by atoms with van der Waals surface area (Å²) < 4.78 is 1.47. The van der Waals surface area contributed by atoms with Gasteiger partial charge in [0.15, 0.2) is 0 Å². The lowest BCUT2D eigenvalue weighted by Crippen LogP contribution is -2.44. The number of fused-ring (bicyclic) bond motifs is 4. The number of anilines is 1. The predicted octanol–water partition coefficient (Wildman–Crippen LogP) is 6.95. The summed E-state index contributed by atoms with van der Waals surface area (Å²) in [6, 6.07) is 18.4. The minimum atomic E-state index is 0.211. The van der Waals surface area contributed by atoms with E-state index in [1.54, 1.807) is 10.4 Å².